The number of ether oxygens (including phenoxy) is 3. The van der Waals surface area contributed by atoms with Crippen molar-refractivity contribution in [2.75, 3.05) is 13.7 Å². The topological polar surface area (TPSA) is 68.5 Å². The Kier molecular flexibility index (Phi) is 4.79. The standard InChI is InChI=1S/C11H10BrNO4/c1-3-16-11(14)17-10-8(12)4-7(6-13)5-9(10)15-2/h4-5H,3H2,1-2H3. The van der Waals surface area contributed by atoms with Crippen LogP contribution in [0.5, 0.6) is 11.5 Å². The van der Waals surface area contributed by atoms with Gasteiger partial charge in [0.25, 0.3) is 0 Å². The van der Waals surface area contributed by atoms with Gasteiger partial charge in [0.2, 0.25) is 0 Å². The van der Waals surface area contributed by atoms with E-state index in [9.17, 15) is 4.79 Å². The zero-order valence-electron chi connectivity index (χ0n) is 9.32. The van der Waals surface area contributed by atoms with E-state index >= 15 is 0 Å². The van der Waals surface area contributed by atoms with Crippen molar-refractivity contribution in [2.24, 2.45) is 0 Å². The number of halogens is 1. The highest BCUT2D eigenvalue weighted by molar-refractivity contribution is 9.10. The monoisotopic (exact) mass is 299 g/mol. The molecule has 5 nitrogen and oxygen atoms in total. The summed E-state index contributed by atoms with van der Waals surface area (Å²) in [6, 6.07) is 4.96. The predicted octanol–water partition coefficient (Wildman–Crippen LogP) is 2.86. The summed E-state index contributed by atoms with van der Waals surface area (Å²) in [6.45, 7) is 1.89. The first-order chi connectivity index (χ1) is 8.12. The Bertz CT molecular complexity index is 467. The zero-order valence-corrected chi connectivity index (χ0v) is 10.9. The van der Waals surface area contributed by atoms with E-state index in [4.69, 9.17) is 14.7 Å². The van der Waals surface area contributed by atoms with Crippen molar-refractivity contribution in [3.63, 3.8) is 0 Å². The minimum Gasteiger partial charge on any atom is -0.493 e. The normalized spacial score (nSPS) is 9.29. The van der Waals surface area contributed by atoms with Crippen LogP contribution < -0.4 is 9.47 Å². The van der Waals surface area contributed by atoms with Crippen LogP contribution >= 0.6 is 15.9 Å². The van der Waals surface area contributed by atoms with Crippen LogP contribution in [0.2, 0.25) is 0 Å². The summed E-state index contributed by atoms with van der Waals surface area (Å²) in [5, 5.41) is 8.78. The molecule has 90 valence electrons. The molecule has 0 bridgehead atoms. The predicted molar refractivity (Wildman–Crippen MR) is 63.1 cm³/mol. The van der Waals surface area contributed by atoms with E-state index in [1.165, 1.54) is 19.2 Å². The van der Waals surface area contributed by atoms with Gasteiger partial charge >= 0.3 is 6.16 Å². The van der Waals surface area contributed by atoms with Gasteiger partial charge in [0, 0.05) is 6.07 Å². The van der Waals surface area contributed by atoms with Crippen LogP contribution in [0.4, 0.5) is 4.79 Å². The number of rotatable bonds is 3. The van der Waals surface area contributed by atoms with Gasteiger partial charge in [-0.2, -0.15) is 5.26 Å². The lowest BCUT2D eigenvalue weighted by atomic mass is 10.2. The molecule has 0 saturated heterocycles. The maximum Gasteiger partial charge on any atom is 0.514 e. The summed E-state index contributed by atoms with van der Waals surface area (Å²) in [5.74, 6) is 0.467. The molecule has 0 atom stereocenters. The number of benzene rings is 1. The molecule has 0 saturated carbocycles. The van der Waals surface area contributed by atoms with Gasteiger partial charge in [-0.05, 0) is 28.9 Å². The summed E-state index contributed by atoms with van der Waals surface area (Å²) >= 11 is 3.20. The molecule has 0 amide bonds. The number of hydrogen-bond donors (Lipinski definition) is 0. The molecule has 0 fully saturated rings. The minimum atomic E-state index is -0.823. The summed E-state index contributed by atoms with van der Waals surface area (Å²) < 4.78 is 15.1. The first-order valence-corrected chi connectivity index (χ1v) is 5.53. The fraction of sp³-hybridized carbons (Fsp3) is 0.273. The van der Waals surface area contributed by atoms with Gasteiger partial charge in [0.15, 0.2) is 11.5 Å². The Morgan fingerprint density at radius 3 is 2.76 bits per heavy atom. The average molecular weight is 300 g/mol. The van der Waals surface area contributed by atoms with Crippen LogP contribution in [0.25, 0.3) is 0 Å². The second-order valence-electron chi connectivity index (χ2n) is 2.89. The van der Waals surface area contributed by atoms with E-state index in [0.717, 1.165) is 0 Å². The van der Waals surface area contributed by atoms with Gasteiger partial charge in [-0.25, -0.2) is 4.79 Å². The zero-order chi connectivity index (χ0) is 12.8. The van der Waals surface area contributed by atoms with Crippen molar-refractivity contribution in [3.8, 4) is 17.6 Å². The highest BCUT2D eigenvalue weighted by Gasteiger charge is 2.16. The molecule has 0 aromatic heterocycles. The van der Waals surface area contributed by atoms with Crippen molar-refractivity contribution >= 4 is 22.1 Å². The number of nitrogens with zero attached hydrogens (tertiary/aromatic N) is 1. The molecule has 0 N–H and O–H groups in total. The quantitative estimate of drug-likeness (QED) is 0.634. The lowest BCUT2D eigenvalue weighted by Gasteiger charge is -2.10. The molecular weight excluding hydrogens is 290 g/mol. The molecule has 0 aliphatic heterocycles. The molecular formula is C11H10BrNO4. The van der Waals surface area contributed by atoms with Crippen LogP contribution in [-0.4, -0.2) is 19.9 Å². The van der Waals surface area contributed by atoms with Crippen LogP contribution in [0.1, 0.15) is 12.5 Å². The van der Waals surface area contributed by atoms with E-state index in [0.29, 0.717) is 10.0 Å². The SMILES string of the molecule is CCOC(=O)Oc1c(Br)cc(C#N)cc1OC. The Balaban J connectivity index is 3.06. The Hall–Kier alpha value is -1.74. The first-order valence-electron chi connectivity index (χ1n) is 4.74. The molecule has 0 aliphatic rings. The third-order valence-electron chi connectivity index (χ3n) is 1.81. The molecule has 1 aromatic rings. The molecule has 0 radical (unpaired) electrons. The van der Waals surface area contributed by atoms with Crippen LogP contribution in [0, 0.1) is 11.3 Å². The van der Waals surface area contributed by atoms with E-state index in [1.54, 1.807) is 6.92 Å². The summed E-state index contributed by atoms with van der Waals surface area (Å²) in [4.78, 5) is 11.2. The van der Waals surface area contributed by atoms with Gasteiger partial charge in [0.1, 0.15) is 0 Å². The molecule has 6 heteroatoms. The highest BCUT2D eigenvalue weighted by Crippen LogP contribution is 2.36. The second-order valence-corrected chi connectivity index (χ2v) is 3.74. The third-order valence-corrected chi connectivity index (χ3v) is 2.40. The van der Waals surface area contributed by atoms with Gasteiger partial charge in [-0.15, -0.1) is 0 Å². The number of carbonyl (C=O) groups excluding carboxylic acids is 1. The number of nitriles is 1. The first kappa shape index (κ1) is 13.3. The van der Waals surface area contributed by atoms with Crippen LogP contribution in [0.3, 0.4) is 0 Å². The number of hydrogen-bond acceptors (Lipinski definition) is 5. The fourth-order valence-electron chi connectivity index (χ4n) is 1.11. The van der Waals surface area contributed by atoms with E-state index in [-0.39, 0.29) is 18.1 Å². The van der Waals surface area contributed by atoms with Crippen LogP contribution in [0.15, 0.2) is 16.6 Å². The van der Waals surface area contributed by atoms with E-state index in [1.807, 2.05) is 6.07 Å². The lowest BCUT2D eigenvalue weighted by Crippen LogP contribution is -2.11. The van der Waals surface area contributed by atoms with Crippen molar-refractivity contribution in [1.29, 1.82) is 5.26 Å². The van der Waals surface area contributed by atoms with Crippen molar-refractivity contribution in [3.05, 3.63) is 22.2 Å². The Morgan fingerprint density at radius 2 is 2.24 bits per heavy atom. The molecule has 1 rings (SSSR count). The number of carbonyl (C=O) groups is 1. The van der Waals surface area contributed by atoms with Crippen molar-refractivity contribution in [2.45, 2.75) is 6.92 Å². The van der Waals surface area contributed by atoms with E-state index in [2.05, 4.69) is 20.7 Å². The molecule has 0 heterocycles. The molecule has 0 spiro atoms. The molecule has 17 heavy (non-hydrogen) atoms. The van der Waals surface area contributed by atoms with E-state index < -0.39 is 6.16 Å². The summed E-state index contributed by atoms with van der Waals surface area (Å²) in [6.07, 6.45) is -0.823. The minimum absolute atomic E-state index is 0.185. The van der Waals surface area contributed by atoms with Crippen molar-refractivity contribution in [1.82, 2.24) is 0 Å². The van der Waals surface area contributed by atoms with Gasteiger partial charge in [-0.1, -0.05) is 0 Å². The highest BCUT2D eigenvalue weighted by atomic mass is 79.9. The largest absolute Gasteiger partial charge is 0.514 e. The molecule has 1 aromatic carbocycles. The lowest BCUT2D eigenvalue weighted by molar-refractivity contribution is 0.103. The average Bonchev–Trinajstić information content (AvgIpc) is 2.31. The summed E-state index contributed by atoms with van der Waals surface area (Å²) in [7, 11) is 1.42. The third kappa shape index (κ3) is 3.36. The number of methoxy groups -OCH3 is 1. The van der Waals surface area contributed by atoms with Crippen molar-refractivity contribution < 1.29 is 19.0 Å². The van der Waals surface area contributed by atoms with Crippen LogP contribution in [-0.2, 0) is 4.74 Å². The molecule has 0 unspecified atom stereocenters. The maximum absolute atomic E-state index is 11.2. The Morgan fingerprint density at radius 1 is 1.53 bits per heavy atom. The summed E-state index contributed by atoms with van der Waals surface area (Å²) in [5.41, 5.74) is 0.393. The van der Waals surface area contributed by atoms with Gasteiger partial charge < -0.3 is 14.2 Å². The van der Waals surface area contributed by atoms with Gasteiger partial charge in [0.05, 0.1) is 29.8 Å². The maximum atomic E-state index is 11.2. The Labute approximate surface area is 107 Å². The fourth-order valence-corrected chi connectivity index (χ4v) is 1.64. The smallest absolute Gasteiger partial charge is 0.493 e. The second kappa shape index (κ2) is 6.11. The molecule has 0 aliphatic carbocycles. The van der Waals surface area contributed by atoms with Gasteiger partial charge in [-0.3, -0.25) is 0 Å².